The molecule has 1 unspecified atom stereocenters. The molecule has 1 aromatic heterocycles. The Balaban J connectivity index is 1.20. The quantitative estimate of drug-likeness (QED) is 0.488. The second kappa shape index (κ2) is 11.2. The molecule has 0 bridgehead atoms. The minimum absolute atomic E-state index is 0.0870. The molecule has 0 radical (unpaired) electrons. The third-order valence-electron chi connectivity index (χ3n) is 5.79. The third-order valence-corrected chi connectivity index (χ3v) is 5.79. The lowest BCUT2D eigenvalue weighted by molar-refractivity contribution is 0.00569. The Kier molecular flexibility index (Phi) is 7.95. The number of nitrogens with one attached hydrogen (secondary N) is 3. The molecule has 1 fully saturated rings. The summed E-state index contributed by atoms with van der Waals surface area (Å²) in [7, 11) is 0. The van der Waals surface area contributed by atoms with Crippen LogP contribution in [0.2, 0.25) is 0 Å². The van der Waals surface area contributed by atoms with Gasteiger partial charge >= 0.3 is 6.03 Å². The number of likely N-dealkylation sites (tertiary alicyclic amines) is 1. The summed E-state index contributed by atoms with van der Waals surface area (Å²) in [5.41, 5.74) is 1.97. The van der Waals surface area contributed by atoms with Crippen molar-refractivity contribution in [3.8, 4) is 11.8 Å². The fourth-order valence-electron chi connectivity index (χ4n) is 3.70. The summed E-state index contributed by atoms with van der Waals surface area (Å²) in [6.45, 7) is 7.03. The van der Waals surface area contributed by atoms with Crippen LogP contribution in [0.15, 0.2) is 58.8 Å². The van der Waals surface area contributed by atoms with Crippen LogP contribution < -0.4 is 16.0 Å². The topological polar surface area (TPSA) is 91.7 Å². The zero-order chi connectivity index (χ0) is 26.5. The van der Waals surface area contributed by atoms with Crippen LogP contribution in [0.5, 0.6) is 0 Å². The number of halogens is 2. The number of carbonyl (C=O) groups excluding carboxylic acids is 1. The molecular weight excluding hydrogens is 480 g/mol. The Bertz CT molecular complexity index is 1220. The summed E-state index contributed by atoms with van der Waals surface area (Å²) >= 11 is 0. The molecule has 1 atom stereocenters. The van der Waals surface area contributed by atoms with E-state index in [0.29, 0.717) is 37.0 Å². The standard InChI is InChI=1S/C27H31F2N5O3/c1-26(2,3)22-16-23(33-37-22)32-25(35)31-21-9-6-19(7-10-21)4-5-20-8-11-24(30-17-20)36-15-14-34-13-12-27(28,29)18-34/h6-11,16-17,24,30H,12-15,18H2,1-3H3,(H2,31,32,33,35). The van der Waals surface area contributed by atoms with Gasteiger partial charge in [0.15, 0.2) is 5.82 Å². The Morgan fingerprint density at radius 3 is 2.68 bits per heavy atom. The lowest BCUT2D eigenvalue weighted by Crippen LogP contribution is -2.33. The monoisotopic (exact) mass is 511 g/mol. The molecule has 8 nitrogen and oxygen atoms in total. The number of hydrogen-bond donors (Lipinski definition) is 3. The van der Waals surface area contributed by atoms with Crippen LogP contribution in [-0.2, 0) is 10.2 Å². The van der Waals surface area contributed by atoms with Gasteiger partial charge in [-0.15, -0.1) is 0 Å². The first-order valence-electron chi connectivity index (χ1n) is 12.1. The minimum atomic E-state index is -2.58. The number of hydrogen-bond acceptors (Lipinski definition) is 6. The Morgan fingerprint density at radius 1 is 1.27 bits per heavy atom. The van der Waals surface area contributed by atoms with Crippen molar-refractivity contribution >= 4 is 17.5 Å². The molecule has 2 aliphatic heterocycles. The third kappa shape index (κ3) is 7.90. The molecule has 2 aromatic rings. The van der Waals surface area contributed by atoms with Gasteiger partial charge in [0.25, 0.3) is 5.92 Å². The van der Waals surface area contributed by atoms with Crippen LogP contribution in [0.4, 0.5) is 25.1 Å². The fourth-order valence-corrected chi connectivity index (χ4v) is 3.70. The van der Waals surface area contributed by atoms with E-state index < -0.39 is 12.0 Å². The van der Waals surface area contributed by atoms with E-state index in [4.69, 9.17) is 9.26 Å². The number of allylic oxidation sites excluding steroid dienone is 2. The van der Waals surface area contributed by atoms with E-state index in [1.807, 2.05) is 45.1 Å². The molecule has 1 aromatic carbocycles. The summed E-state index contributed by atoms with van der Waals surface area (Å²) in [6.07, 6.45) is 5.05. The first-order chi connectivity index (χ1) is 17.6. The van der Waals surface area contributed by atoms with E-state index in [1.54, 1.807) is 29.3 Å². The fraction of sp³-hybridized carbons (Fsp3) is 0.407. The number of amides is 2. The van der Waals surface area contributed by atoms with Crippen LogP contribution >= 0.6 is 0 Å². The Morgan fingerprint density at radius 2 is 2.05 bits per heavy atom. The largest absolute Gasteiger partial charge is 0.362 e. The number of nitrogens with zero attached hydrogens (tertiary/aromatic N) is 2. The van der Waals surface area contributed by atoms with Gasteiger partial charge in [-0.25, -0.2) is 13.6 Å². The van der Waals surface area contributed by atoms with Crippen molar-refractivity contribution in [2.45, 2.75) is 44.8 Å². The summed E-state index contributed by atoms with van der Waals surface area (Å²) < 4.78 is 37.4. The Labute approximate surface area is 215 Å². The van der Waals surface area contributed by atoms with Gasteiger partial charge in [-0.05, 0) is 36.4 Å². The predicted octanol–water partition coefficient (Wildman–Crippen LogP) is 4.69. The normalized spacial score (nSPS) is 18.9. The number of rotatable bonds is 6. The van der Waals surface area contributed by atoms with Gasteiger partial charge in [0.1, 0.15) is 12.0 Å². The minimum Gasteiger partial charge on any atom is -0.362 e. The molecule has 0 spiro atoms. The zero-order valence-electron chi connectivity index (χ0n) is 21.1. The van der Waals surface area contributed by atoms with E-state index in [1.165, 1.54) is 0 Å². The summed E-state index contributed by atoms with van der Waals surface area (Å²) in [5, 5.41) is 12.4. The number of benzene rings is 1. The second-order valence-electron chi connectivity index (χ2n) is 10.0. The predicted molar refractivity (Wildman–Crippen MR) is 137 cm³/mol. The van der Waals surface area contributed by atoms with E-state index in [2.05, 4.69) is 32.9 Å². The zero-order valence-corrected chi connectivity index (χ0v) is 21.1. The number of carbonyl (C=O) groups is 1. The van der Waals surface area contributed by atoms with Gasteiger partial charge in [-0.1, -0.05) is 37.8 Å². The molecule has 1 saturated heterocycles. The molecule has 3 heterocycles. The summed E-state index contributed by atoms with van der Waals surface area (Å²) in [5.74, 6) is 4.59. The van der Waals surface area contributed by atoms with Crippen LogP contribution in [0.25, 0.3) is 0 Å². The maximum atomic E-state index is 13.2. The van der Waals surface area contributed by atoms with Gasteiger partial charge in [0, 0.05) is 54.0 Å². The smallest absolute Gasteiger partial charge is 0.324 e. The highest BCUT2D eigenvalue weighted by Crippen LogP contribution is 2.26. The average Bonchev–Trinajstić information content (AvgIpc) is 3.45. The van der Waals surface area contributed by atoms with Crippen LogP contribution in [0, 0.1) is 11.8 Å². The van der Waals surface area contributed by atoms with Gasteiger partial charge in [0.2, 0.25) is 0 Å². The lowest BCUT2D eigenvalue weighted by Gasteiger charge is -2.20. The van der Waals surface area contributed by atoms with Gasteiger partial charge in [0.05, 0.1) is 13.2 Å². The highest BCUT2D eigenvalue weighted by Gasteiger charge is 2.37. The first-order valence-corrected chi connectivity index (χ1v) is 12.1. The van der Waals surface area contributed by atoms with Crippen molar-refractivity contribution in [2.75, 3.05) is 36.9 Å². The van der Waals surface area contributed by atoms with E-state index in [-0.39, 0.29) is 24.6 Å². The number of anilines is 2. The molecule has 2 aliphatic rings. The summed E-state index contributed by atoms with van der Waals surface area (Å²) in [4.78, 5) is 14.0. The average molecular weight is 512 g/mol. The molecule has 3 N–H and O–H groups in total. The van der Waals surface area contributed by atoms with Crippen LogP contribution in [0.1, 0.15) is 38.5 Å². The number of aromatic nitrogens is 1. The maximum Gasteiger partial charge on any atom is 0.324 e. The first kappa shape index (κ1) is 26.4. The van der Waals surface area contributed by atoms with Crippen LogP contribution in [-0.4, -0.2) is 54.5 Å². The van der Waals surface area contributed by atoms with Gasteiger partial charge in [-0.3, -0.25) is 10.2 Å². The van der Waals surface area contributed by atoms with Crippen molar-refractivity contribution in [2.24, 2.45) is 0 Å². The molecule has 2 amide bonds. The molecule has 10 heteroatoms. The number of dihydropyridines is 1. The van der Waals surface area contributed by atoms with Crippen molar-refractivity contribution in [1.29, 1.82) is 0 Å². The van der Waals surface area contributed by atoms with E-state index >= 15 is 0 Å². The summed E-state index contributed by atoms with van der Waals surface area (Å²) in [6, 6.07) is 8.42. The second-order valence-corrected chi connectivity index (χ2v) is 10.0. The van der Waals surface area contributed by atoms with Crippen molar-refractivity contribution < 1.29 is 22.8 Å². The Hall–Kier alpha value is -3.68. The molecule has 0 saturated carbocycles. The number of alkyl halides is 2. The number of urea groups is 1. The SMILES string of the molecule is CC(C)(C)c1cc(NC(=O)Nc2ccc(C#CC3=CNC(OCCN4CCC(F)(F)C4)C=C3)cc2)no1. The molecule has 37 heavy (non-hydrogen) atoms. The van der Waals surface area contributed by atoms with Gasteiger partial charge < -0.3 is 19.9 Å². The molecule has 196 valence electrons. The van der Waals surface area contributed by atoms with E-state index in [9.17, 15) is 13.6 Å². The molecular formula is C27H31F2N5O3. The van der Waals surface area contributed by atoms with Crippen molar-refractivity contribution in [1.82, 2.24) is 15.4 Å². The van der Waals surface area contributed by atoms with Gasteiger partial charge in [-0.2, -0.15) is 0 Å². The lowest BCUT2D eigenvalue weighted by atomic mass is 9.93. The van der Waals surface area contributed by atoms with Crippen molar-refractivity contribution in [3.05, 3.63) is 65.6 Å². The molecule has 0 aliphatic carbocycles. The highest BCUT2D eigenvalue weighted by molar-refractivity contribution is 5.99. The van der Waals surface area contributed by atoms with Crippen LogP contribution in [0.3, 0.4) is 0 Å². The van der Waals surface area contributed by atoms with Crippen molar-refractivity contribution in [3.63, 3.8) is 0 Å². The molecule has 4 rings (SSSR count). The van der Waals surface area contributed by atoms with E-state index in [0.717, 1.165) is 11.1 Å². The number of ether oxygens (including phenoxy) is 1. The highest BCUT2D eigenvalue weighted by atomic mass is 19.3. The maximum absolute atomic E-state index is 13.2.